The molecule has 1 heterocycles. The number of nitrogens with zero attached hydrogens (tertiary/aromatic N) is 2. The average Bonchev–Trinajstić information content (AvgIpc) is 2.37. The minimum atomic E-state index is -4.37. The maximum absolute atomic E-state index is 12.7. The van der Waals surface area contributed by atoms with Crippen LogP contribution < -0.4 is 5.32 Å². The first-order valence-electron chi connectivity index (χ1n) is 5.22. The van der Waals surface area contributed by atoms with Crippen molar-refractivity contribution in [2.75, 3.05) is 5.32 Å². The molecule has 0 saturated heterocycles. The van der Waals surface area contributed by atoms with E-state index in [1.54, 1.807) is 18.3 Å². The van der Waals surface area contributed by atoms with Gasteiger partial charge in [-0.05, 0) is 18.2 Å². The van der Waals surface area contributed by atoms with E-state index in [1.807, 2.05) is 0 Å². The van der Waals surface area contributed by atoms with Crippen LogP contribution in [0.2, 0.25) is 0 Å². The van der Waals surface area contributed by atoms with E-state index in [0.29, 0.717) is 5.69 Å². The van der Waals surface area contributed by atoms with E-state index < -0.39 is 11.7 Å². The van der Waals surface area contributed by atoms with Gasteiger partial charge in [0.1, 0.15) is 6.33 Å². The van der Waals surface area contributed by atoms with Crippen LogP contribution in [0.15, 0.2) is 42.9 Å². The monoisotopic (exact) mass is 253 g/mol. The highest BCUT2D eigenvalue weighted by molar-refractivity contribution is 5.52. The van der Waals surface area contributed by atoms with Crippen LogP contribution in [-0.2, 0) is 12.7 Å². The summed E-state index contributed by atoms with van der Waals surface area (Å²) in [5, 5.41) is 2.73. The fourth-order valence-corrected chi connectivity index (χ4v) is 1.49. The molecule has 0 amide bonds. The van der Waals surface area contributed by atoms with Crippen LogP contribution >= 0.6 is 0 Å². The summed E-state index contributed by atoms with van der Waals surface area (Å²) < 4.78 is 38.1. The van der Waals surface area contributed by atoms with E-state index in [0.717, 1.165) is 6.07 Å². The molecular weight excluding hydrogens is 243 g/mol. The Kier molecular flexibility index (Phi) is 3.45. The first kappa shape index (κ1) is 12.3. The van der Waals surface area contributed by atoms with Gasteiger partial charge in [0.15, 0.2) is 0 Å². The number of hydrogen-bond donors (Lipinski definition) is 1. The van der Waals surface area contributed by atoms with Gasteiger partial charge in [0.2, 0.25) is 0 Å². The molecule has 0 aliphatic heterocycles. The smallest absolute Gasteiger partial charge is 0.379 e. The quantitative estimate of drug-likeness (QED) is 0.913. The fourth-order valence-electron chi connectivity index (χ4n) is 1.49. The lowest BCUT2D eigenvalue weighted by Gasteiger charge is -2.13. The van der Waals surface area contributed by atoms with Gasteiger partial charge in [0.25, 0.3) is 0 Å². The van der Waals surface area contributed by atoms with Gasteiger partial charge in [-0.2, -0.15) is 13.2 Å². The lowest BCUT2D eigenvalue weighted by Crippen LogP contribution is -2.11. The molecule has 1 aromatic carbocycles. The predicted molar refractivity (Wildman–Crippen MR) is 60.8 cm³/mol. The van der Waals surface area contributed by atoms with Crippen molar-refractivity contribution in [3.05, 3.63) is 54.1 Å². The standard InChI is InChI=1S/C12H10F3N3/c13-12(14,15)10-3-1-2-4-11(10)17-7-9-5-6-16-8-18-9/h1-6,8,17H,7H2. The molecule has 0 radical (unpaired) electrons. The number of hydrogen-bond acceptors (Lipinski definition) is 3. The number of aromatic nitrogens is 2. The molecule has 6 heteroatoms. The maximum atomic E-state index is 12.7. The molecule has 1 N–H and O–H groups in total. The molecular formula is C12H10F3N3. The minimum Gasteiger partial charge on any atom is -0.379 e. The van der Waals surface area contributed by atoms with Gasteiger partial charge >= 0.3 is 6.18 Å². The molecule has 1 aromatic heterocycles. The second kappa shape index (κ2) is 5.03. The van der Waals surface area contributed by atoms with Crippen LogP contribution in [0, 0.1) is 0 Å². The molecule has 94 valence electrons. The van der Waals surface area contributed by atoms with Gasteiger partial charge in [-0.25, -0.2) is 9.97 Å². The number of nitrogens with one attached hydrogen (secondary N) is 1. The lowest BCUT2D eigenvalue weighted by molar-refractivity contribution is -0.136. The summed E-state index contributed by atoms with van der Waals surface area (Å²) in [5.74, 6) is 0. The van der Waals surface area contributed by atoms with Crippen molar-refractivity contribution >= 4 is 5.69 Å². The molecule has 0 saturated carbocycles. The highest BCUT2D eigenvalue weighted by Crippen LogP contribution is 2.34. The van der Waals surface area contributed by atoms with E-state index in [4.69, 9.17) is 0 Å². The minimum absolute atomic E-state index is 0.0450. The maximum Gasteiger partial charge on any atom is 0.418 e. The van der Waals surface area contributed by atoms with Crippen molar-refractivity contribution in [2.24, 2.45) is 0 Å². The van der Waals surface area contributed by atoms with E-state index in [2.05, 4.69) is 15.3 Å². The van der Waals surface area contributed by atoms with Crippen molar-refractivity contribution in [3.63, 3.8) is 0 Å². The summed E-state index contributed by atoms with van der Waals surface area (Å²) in [4.78, 5) is 7.67. The molecule has 2 aromatic rings. The normalized spacial score (nSPS) is 11.3. The van der Waals surface area contributed by atoms with Crippen molar-refractivity contribution in [2.45, 2.75) is 12.7 Å². The number of halogens is 3. The molecule has 3 nitrogen and oxygen atoms in total. The van der Waals surface area contributed by atoms with Crippen LogP contribution in [0.3, 0.4) is 0 Å². The highest BCUT2D eigenvalue weighted by Gasteiger charge is 2.32. The Bertz CT molecular complexity index is 511. The van der Waals surface area contributed by atoms with Crippen LogP contribution in [0.5, 0.6) is 0 Å². The van der Waals surface area contributed by atoms with Crippen molar-refractivity contribution < 1.29 is 13.2 Å². The Balaban J connectivity index is 2.15. The fraction of sp³-hybridized carbons (Fsp3) is 0.167. The third-order valence-electron chi connectivity index (χ3n) is 2.34. The van der Waals surface area contributed by atoms with Gasteiger partial charge in [-0.1, -0.05) is 12.1 Å². The van der Waals surface area contributed by atoms with E-state index in [1.165, 1.54) is 18.5 Å². The van der Waals surface area contributed by atoms with Crippen LogP contribution in [0.25, 0.3) is 0 Å². The Hall–Kier alpha value is -2.11. The third-order valence-corrected chi connectivity index (χ3v) is 2.34. The topological polar surface area (TPSA) is 37.8 Å². The average molecular weight is 253 g/mol. The SMILES string of the molecule is FC(F)(F)c1ccccc1NCc1ccncn1. The third kappa shape index (κ3) is 2.97. The molecule has 2 rings (SSSR count). The Morgan fingerprint density at radius 2 is 1.89 bits per heavy atom. The van der Waals surface area contributed by atoms with Gasteiger partial charge in [-0.15, -0.1) is 0 Å². The zero-order valence-electron chi connectivity index (χ0n) is 9.28. The summed E-state index contributed by atoms with van der Waals surface area (Å²) in [6.45, 7) is 0.218. The summed E-state index contributed by atoms with van der Waals surface area (Å²) in [6, 6.07) is 6.99. The predicted octanol–water partition coefficient (Wildman–Crippen LogP) is 3.11. The molecule has 18 heavy (non-hydrogen) atoms. The zero-order chi connectivity index (χ0) is 13.0. The number of benzene rings is 1. The molecule has 0 aliphatic rings. The summed E-state index contributed by atoms with van der Waals surface area (Å²) in [6.07, 6.45) is -1.47. The van der Waals surface area contributed by atoms with E-state index in [9.17, 15) is 13.2 Å². The summed E-state index contributed by atoms with van der Waals surface area (Å²) >= 11 is 0. The highest BCUT2D eigenvalue weighted by atomic mass is 19.4. The molecule has 0 bridgehead atoms. The van der Waals surface area contributed by atoms with Crippen LogP contribution in [0.4, 0.5) is 18.9 Å². The largest absolute Gasteiger partial charge is 0.418 e. The van der Waals surface area contributed by atoms with Gasteiger partial charge in [-0.3, -0.25) is 0 Å². The van der Waals surface area contributed by atoms with Crippen LogP contribution in [0.1, 0.15) is 11.3 Å². The molecule has 0 unspecified atom stereocenters. The zero-order valence-corrected chi connectivity index (χ0v) is 9.28. The first-order valence-corrected chi connectivity index (χ1v) is 5.22. The number of anilines is 1. The lowest BCUT2D eigenvalue weighted by atomic mass is 10.1. The van der Waals surface area contributed by atoms with Gasteiger partial charge < -0.3 is 5.32 Å². The molecule has 0 fully saturated rings. The van der Waals surface area contributed by atoms with Gasteiger partial charge in [0.05, 0.1) is 17.8 Å². The summed E-state index contributed by atoms with van der Waals surface area (Å²) in [7, 11) is 0. The Labute approximate surface area is 102 Å². The van der Waals surface area contributed by atoms with Crippen LogP contribution in [-0.4, -0.2) is 9.97 Å². The number of para-hydroxylation sites is 1. The van der Waals surface area contributed by atoms with Crippen molar-refractivity contribution in [1.29, 1.82) is 0 Å². The first-order chi connectivity index (χ1) is 8.57. The Morgan fingerprint density at radius 3 is 2.56 bits per heavy atom. The number of rotatable bonds is 3. The Morgan fingerprint density at radius 1 is 1.11 bits per heavy atom. The number of alkyl halides is 3. The summed E-state index contributed by atoms with van der Waals surface area (Å²) in [5.41, 5.74) is -0.00959. The molecule has 0 aliphatic carbocycles. The van der Waals surface area contributed by atoms with Crippen molar-refractivity contribution in [1.82, 2.24) is 9.97 Å². The van der Waals surface area contributed by atoms with E-state index in [-0.39, 0.29) is 12.2 Å². The van der Waals surface area contributed by atoms with E-state index >= 15 is 0 Å². The van der Waals surface area contributed by atoms with Crippen molar-refractivity contribution in [3.8, 4) is 0 Å². The molecule has 0 spiro atoms. The van der Waals surface area contributed by atoms with Gasteiger partial charge in [0, 0.05) is 11.9 Å². The second-order valence-corrected chi connectivity index (χ2v) is 3.60. The molecule has 0 atom stereocenters. The second-order valence-electron chi connectivity index (χ2n) is 3.60.